The minimum atomic E-state index is -0.105. The maximum Gasteiger partial charge on any atom is 0.0924 e. The molecule has 0 aliphatic rings. The predicted molar refractivity (Wildman–Crippen MR) is 60.3 cm³/mol. The number of hydrogen-bond acceptors (Lipinski definition) is 3. The molecule has 1 aromatic rings. The van der Waals surface area contributed by atoms with Crippen LogP contribution in [0, 0.1) is 11.3 Å². The highest BCUT2D eigenvalue weighted by molar-refractivity contribution is 5.21. The van der Waals surface area contributed by atoms with Crippen LogP contribution in [0.25, 0.3) is 0 Å². The molecule has 0 fully saturated rings. The highest BCUT2D eigenvalue weighted by Crippen LogP contribution is 2.21. The molecule has 80 valence electrons. The van der Waals surface area contributed by atoms with E-state index in [0.29, 0.717) is 0 Å². The van der Waals surface area contributed by atoms with Gasteiger partial charge in [0.25, 0.3) is 0 Å². The number of nitrogens with one attached hydrogen (secondary N) is 1. The quantitative estimate of drug-likeness (QED) is 0.812. The van der Waals surface area contributed by atoms with Crippen LogP contribution in [0.15, 0.2) is 24.5 Å². The van der Waals surface area contributed by atoms with E-state index in [1.165, 1.54) is 5.56 Å². The van der Waals surface area contributed by atoms with Crippen LogP contribution in [0.2, 0.25) is 0 Å². The van der Waals surface area contributed by atoms with Crippen LogP contribution in [0.4, 0.5) is 0 Å². The zero-order chi connectivity index (χ0) is 11.3. The summed E-state index contributed by atoms with van der Waals surface area (Å²) >= 11 is 0. The van der Waals surface area contributed by atoms with Crippen molar-refractivity contribution in [3.8, 4) is 6.07 Å². The minimum absolute atomic E-state index is 0.0219. The summed E-state index contributed by atoms with van der Waals surface area (Å²) < 4.78 is 0. The Hall–Kier alpha value is -1.40. The van der Waals surface area contributed by atoms with Gasteiger partial charge in [0.05, 0.1) is 12.1 Å². The molecule has 3 nitrogen and oxygen atoms in total. The molecular weight excluding hydrogens is 186 g/mol. The standard InChI is InChI=1S/C12H17N3/c1-10(8-13)15-9-12(2,3)11-4-6-14-7-5-11/h4-7,10,15H,9H2,1-3H3. The summed E-state index contributed by atoms with van der Waals surface area (Å²) in [7, 11) is 0. The Kier molecular flexibility index (Phi) is 3.81. The van der Waals surface area contributed by atoms with E-state index in [2.05, 4.69) is 30.2 Å². The Labute approximate surface area is 91.1 Å². The lowest BCUT2D eigenvalue weighted by atomic mass is 9.85. The van der Waals surface area contributed by atoms with Crippen molar-refractivity contribution in [2.45, 2.75) is 32.2 Å². The van der Waals surface area contributed by atoms with Gasteiger partial charge in [0, 0.05) is 24.4 Å². The lowest BCUT2D eigenvalue weighted by Gasteiger charge is -2.26. The van der Waals surface area contributed by atoms with E-state index in [1.807, 2.05) is 19.1 Å². The van der Waals surface area contributed by atoms with E-state index in [4.69, 9.17) is 5.26 Å². The molecule has 1 heterocycles. The lowest BCUT2D eigenvalue weighted by Crippen LogP contribution is -2.37. The van der Waals surface area contributed by atoms with Gasteiger partial charge >= 0.3 is 0 Å². The number of aromatic nitrogens is 1. The first-order valence-corrected chi connectivity index (χ1v) is 5.10. The average Bonchev–Trinajstić information content (AvgIpc) is 2.27. The lowest BCUT2D eigenvalue weighted by molar-refractivity contribution is 0.457. The molecule has 1 aromatic heterocycles. The fourth-order valence-electron chi connectivity index (χ4n) is 1.36. The molecule has 15 heavy (non-hydrogen) atoms. The Bertz CT molecular complexity index is 338. The molecule has 0 spiro atoms. The average molecular weight is 203 g/mol. The molecule has 0 aliphatic carbocycles. The Balaban J connectivity index is 2.64. The molecule has 1 rings (SSSR count). The second-order valence-corrected chi connectivity index (χ2v) is 4.35. The van der Waals surface area contributed by atoms with Gasteiger partial charge in [-0.1, -0.05) is 13.8 Å². The molecule has 0 bridgehead atoms. The molecule has 1 unspecified atom stereocenters. The SMILES string of the molecule is CC(C#N)NCC(C)(C)c1ccncc1. The summed E-state index contributed by atoms with van der Waals surface area (Å²) in [6, 6.07) is 6.09. The van der Waals surface area contributed by atoms with Crippen molar-refractivity contribution in [1.29, 1.82) is 5.26 Å². The number of pyridine rings is 1. The van der Waals surface area contributed by atoms with Crippen molar-refractivity contribution in [2.24, 2.45) is 0 Å². The molecule has 1 N–H and O–H groups in total. The van der Waals surface area contributed by atoms with Crippen molar-refractivity contribution in [3.05, 3.63) is 30.1 Å². The first-order chi connectivity index (χ1) is 7.06. The van der Waals surface area contributed by atoms with Gasteiger partial charge in [0.1, 0.15) is 0 Å². The largest absolute Gasteiger partial charge is 0.301 e. The third kappa shape index (κ3) is 3.34. The van der Waals surface area contributed by atoms with Gasteiger partial charge in [-0.3, -0.25) is 4.98 Å². The summed E-state index contributed by atoms with van der Waals surface area (Å²) in [5.74, 6) is 0. The monoisotopic (exact) mass is 203 g/mol. The fourth-order valence-corrected chi connectivity index (χ4v) is 1.36. The molecule has 0 aromatic carbocycles. The maximum absolute atomic E-state index is 8.68. The molecular formula is C12H17N3. The minimum Gasteiger partial charge on any atom is -0.301 e. The van der Waals surface area contributed by atoms with Gasteiger partial charge < -0.3 is 5.32 Å². The van der Waals surface area contributed by atoms with Crippen LogP contribution < -0.4 is 5.32 Å². The molecule has 0 saturated carbocycles. The number of rotatable bonds is 4. The third-order valence-corrected chi connectivity index (χ3v) is 2.51. The van der Waals surface area contributed by atoms with Gasteiger partial charge in [-0.2, -0.15) is 5.26 Å². The summed E-state index contributed by atoms with van der Waals surface area (Å²) in [6.07, 6.45) is 3.59. The van der Waals surface area contributed by atoms with Gasteiger partial charge in [-0.25, -0.2) is 0 Å². The van der Waals surface area contributed by atoms with Crippen molar-refractivity contribution in [2.75, 3.05) is 6.54 Å². The Morgan fingerprint density at radius 3 is 2.60 bits per heavy atom. The summed E-state index contributed by atoms with van der Waals surface area (Å²) in [5.41, 5.74) is 1.25. The third-order valence-electron chi connectivity index (χ3n) is 2.51. The van der Waals surface area contributed by atoms with E-state index in [-0.39, 0.29) is 11.5 Å². The molecule has 1 atom stereocenters. The van der Waals surface area contributed by atoms with E-state index >= 15 is 0 Å². The van der Waals surface area contributed by atoms with Crippen LogP contribution >= 0.6 is 0 Å². The zero-order valence-corrected chi connectivity index (χ0v) is 9.49. The van der Waals surface area contributed by atoms with Gasteiger partial charge in [-0.05, 0) is 24.6 Å². The van der Waals surface area contributed by atoms with Crippen molar-refractivity contribution < 1.29 is 0 Å². The number of nitrogens with zero attached hydrogens (tertiary/aromatic N) is 2. The zero-order valence-electron chi connectivity index (χ0n) is 9.49. The van der Waals surface area contributed by atoms with Gasteiger partial charge in [0.2, 0.25) is 0 Å². The predicted octanol–water partition coefficient (Wildman–Crippen LogP) is 1.86. The Morgan fingerprint density at radius 2 is 2.07 bits per heavy atom. The maximum atomic E-state index is 8.68. The van der Waals surface area contributed by atoms with E-state index in [1.54, 1.807) is 12.4 Å². The first kappa shape index (κ1) is 11.7. The normalized spacial score (nSPS) is 13.2. The van der Waals surface area contributed by atoms with Gasteiger partial charge in [0.15, 0.2) is 0 Å². The summed E-state index contributed by atoms with van der Waals surface area (Å²) in [6.45, 7) is 6.95. The molecule has 0 aliphatic heterocycles. The van der Waals surface area contributed by atoms with Crippen molar-refractivity contribution >= 4 is 0 Å². The van der Waals surface area contributed by atoms with Crippen LogP contribution in [0.5, 0.6) is 0 Å². The molecule has 3 heteroatoms. The molecule has 0 saturated heterocycles. The Morgan fingerprint density at radius 1 is 1.47 bits per heavy atom. The summed E-state index contributed by atoms with van der Waals surface area (Å²) in [4.78, 5) is 4.00. The molecule has 0 radical (unpaired) electrons. The highest BCUT2D eigenvalue weighted by atomic mass is 14.9. The van der Waals surface area contributed by atoms with Crippen molar-refractivity contribution in [3.63, 3.8) is 0 Å². The number of nitriles is 1. The van der Waals surface area contributed by atoms with Crippen LogP contribution in [0.1, 0.15) is 26.3 Å². The van der Waals surface area contributed by atoms with E-state index in [0.717, 1.165) is 6.54 Å². The van der Waals surface area contributed by atoms with Gasteiger partial charge in [-0.15, -0.1) is 0 Å². The highest BCUT2D eigenvalue weighted by Gasteiger charge is 2.20. The van der Waals surface area contributed by atoms with E-state index < -0.39 is 0 Å². The van der Waals surface area contributed by atoms with Crippen LogP contribution in [0.3, 0.4) is 0 Å². The second-order valence-electron chi connectivity index (χ2n) is 4.35. The fraction of sp³-hybridized carbons (Fsp3) is 0.500. The topological polar surface area (TPSA) is 48.7 Å². The second kappa shape index (κ2) is 4.90. The molecule has 0 amide bonds. The smallest absolute Gasteiger partial charge is 0.0924 e. The van der Waals surface area contributed by atoms with E-state index in [9.17, 15) is 0 Å². The van der Waals surface area contributed by atoms with Crippen molar-refractivity contribution in [1.82, 2.24) is 10.3 Å². The number of hydrogen-bond donors (Lipinski definition) is 1. The summed E-state index contributed by atoms with van der Waals surface area (Å²) in [5, 5.41) is 11.9. The first-order valence-electron chi connectivity index (χ1n) is 5.10. The van der Waals surface area contributed by atoms with Crippen LogP contribution in [-0.4, -0.2) is 17.6 Å². The van der Waals surface area contributed by atoms with Crippen LogP contribution in [-0.2, 0) is 5.41 Å².